The molecule has 0 aromatic carbocycles. The van der Waals surface area contributed by atoms with Crippen molar-refractivity contribution in [3.05, 3.63) is 11.8 Å². The van der Waals surface area contributed by atoms with Crippen molar-refractivity contribution in [3.8, 4) is 0 Å². The second-order valence-electron chi connectivity index (χ2n) is 6.89. The van der Waals surface area contributed by atoms with E-state index in [1.54, 1.807) is 41.7 Å². The quantitative estimate of drug-likeness (QED) is 0.778. The van der Waals surface area contributed by atoms with Gasteiger partial charge in [-0.25, -0.2) is 9.59 Å². The van der Waals surface area contributed by atoms with Crippen LogP contribution in [0.25, 0.3) is 0 Å². The summed E-state index contributed by atoms with van der Waals surface area (Å²) in [6.45, 7) is 8.79. The van der Waals surface area contributed by atoms with E-state index in [-0.39, 0.29) is 17.4 Å². The Morgan fingerprint density at radius 1 is 1.24 bits per heavy atom. The molecular formula is C16H26N4O5. The molecule has 1 aromatic rings. The Balaban J connectivity index is 2.84. The number of aromatic nitrogens is 2. The molecule has 9 nitrogen and oxygen atoms in total. The summed E-state index contributed by atoms with van der Waals surface area (Å²) in [6, 6.07) is 0.577. The van der Waals surface area contributed by atoms with Crippen molar-refractivity contribution in [1.29, 1.82) is 0 Å². The van der Waals surface area contributed by atoms with Gasteiger partial charge >= 0.3 is 12.1 Å². The van der Waals surface area contributed by atoms with Crippen LogP contribution >= 0.6 is 0 Å². The number of rotatable bonds is 5. The van der Waals surface area contributed by atoms with Gasteiger partial charge in [-0.1, -0.05) is 13.8 Å². The molecule has 0 aliphatic rings. The summed E-state index contributed by atoms with van der Waals surface area (Å²) in [5, 5.41) is 9.17. The molecule has 1 heterocycles. The number of carbonyl (C=O) groups excluding carboxylic acids is 3. The summed E-state index contributed by atoms with van der Waals surface area (Å²) in [5.74, 6) is -1.03. The van der Waals surface area contributed by atoms with Crippen LogP contribution in [0.2, 0.25) is 0 Å². The number of methoxy groups -OCH3 is 1. The Hall–Kier alpha value is -2.58. The van der Waals surface area contributed by atoms with Gasteiger partial charge in [-0.2, -0.15) is 5.10 Å². The van der Waals surface area contributed by atoms with Crippen LogP contribution in [0.3, 0.4) is 0 Å². The van der Waals surface area contributed by atoms with Crippen LogP contribution in [-0.2, 0) is 21.3 Å². The third kappa shape index (κ3) is 6.09. The SMILES string of the molecule is COC(=O)c1cc(NC(=O)C(NC(=O)OC(C)(C)C)C(C)C)nn1C. The lowest BCUT2D eigenvalue weighted by Gasteiger charge is -2.24. The van der Waals surface area contributed by atoms with E-state index >= 15 is 0 Å². The van der Waals surface area contributed by atoms with Crippen molar-refractivity contribution in [2.75, 3.05) is 12.4 Å². The van der Waals surface area contributed by atoms with Crippen LogP contribution < -0.4 is 10.6 Å². The molecule has 0 fully saturated rings. The van der Waals surface area contributed by atoms with Gasteiger partial charge in [-0.15, -0.1) is 0 Å². The maximum Gasteiger partial charge on any atom is 0.408 e. The third-order valence-corrected chi connectivity index (χ3v) is 3.15. The van der Waals surface area contributed by atoms with E-state index in [9.17, 15) is 14.4 Å². The van der Waals surface area contributed by atoms with Crippen molar-refractivity contribution in [3.63, 3.8) is 0 Å². The molecular weight excluding hydrogens is 328 g/mol. The number of carbonyl (C=O) groups is 3. The molecule has 0 spiro atoms. The average molecular weight is 354 g/mol. The van der Waals surface area contributed by atoms with Crippen molar-refractivity contribution >= 4 is 23.8 Å². The first-order chi connectivity index (χ1) is 11.4. The number of anilines is 1. The third-order valence-electron chi connectivity index (χ3n) is 3.15. The zero-order chi connectivity index (χ0) is 19.4. The predicted octanol–water partition coefficient (Wildman–Crippen LogP) is 1.69. The van der Waals surface area contributed by atoms with E-state index < -0.39 is 29.6 Å². The van der Waals surface area contributed by atoms with Crippen LogP contribution in [0.4, 0.5) is 10.6 Å². The molecule has 9 heteroatoms. The molecule has 2 N–H and O–H groups in total. The van der Waals surface area contributed by atoms with Crippen molar-refractivity contribution in [2.45, 2.75) is 46.3 Å². The van der Waals surface area contributed by atoms with Gasteiger partial charge in [0.2, 0.25) is 5.91 Å². The number of nitrogens with one attached hydrogen (secondary N) is 2. The molecule has 1 atom stereocenters. The predicted molar refractivity (Wildman–Crippen MR) is 91.2 cm³/mol. The second kappa shape index (κ2) is 8.00. The van der Waals surface area contributed by atoms with Crippen molar-refractivity contribution in [1.82, 2.24) is 15.1 Å². The second-order valence-corrected chi connectivity index (χ2v) is 6.89. The van der Waals surface area contributed by atoms with E-state index in [1.165, 1.54) is 17.9 Å². The van der Waals surface area contributed by atoms with Crippen LogP contribution in [0.5, 0.6) is 0 Å². The lowest BCUT2D eigenvalue weighted by atomic mass is 10.0. The average Bonchev–Trinajstić information content (AvgIpc) is 2.82. The summed E-state index contributed by atoms with van der Waals surface area (Å²) in [5.41, 5.74) is -0.475. The zero-order valence-corrected chi connectivity index (χ0v) is 15.7. The van der Waals surface area contributed by atoms with Gasteiger partial charge in [0.1, 0.15) is 17.3 Å². The van der Waals surface area contributed by atoms with E-state index in [0.717, 1.165) is 0 Å². The highest BCUT2D eigenvalue weighted by Gasteiger charge is 2.28. The number of aryl methyl sites for hydroxylation is 1. The minimum atomic E-state index is -0.821. The smallest absolute Gasteiger partial charge is 0.408 e. The number of hydrogen-bond donors (Lipinski definition) is 2. The van der Waals surface area contributed by atoms with E-state index in [1.807, 2.05) is 0 Å². The highest BCUT2D eigenvalue weighted by molar-refractivity contribution is 5.97. The van der Waals surface area contributed by atoms with Gasteiger partial charge in [0.25, 0.3) is 0 Å². The molecule has 2 amide bonds. The molecule has 25 heavy (non-hydrogen) atoms. The van der Waals surface area contributed by atoms with Crippen molar-refractivity contribution < 1.29 is 23.9 Å². The summed E-state index contributed by atoms with van der Waals surface area (Å²) < 4.78 is 11.1. The number of hydrogen-bond acceptors (Lipinski definition) is 6. The van der Waals surface area contributed by atoms with Gasteiger partial charge in [-0.05, 0) is 26.7 Å². The maximum absolute atomic E-state index is 12.5. The molecule has 1 unspecified atom stereocenters. The maximum atomic E-state index is 12.5. The molecule has 0 aliphatic carbocycles. The van der Waals surface area contributed by atoms with Gasteiger partial charge in [0.05, 0.1) is 7.11 Å². The normalized spacial score (nSPS) is 12.5. The zero-order valence-electron chi connectivity index (χ0n) is 15.7. The fourth-order valence-electron chi connectivity index (χ4n) is 2.00. The number of alkyl carbamates (subject to hydrolysis) is 1. The molecule has 1 rings (SSSR count). The summed E-state index contributed by atoms with van der Waals surface area (Å²) in [6.07, 6.45) is -0.683. The Bertz CT molecular complexity index is 645. The lowest BCUT2D eigenvalue weighted by Crippen LogP contribution is -2.48. The first-order valence-electron chi connectivity index (χ1n) is 7.87. The molecule has 0 saturated carbocycles. The van der Waals surface area contributed by atoms with Crippen LogP contribution in [0.1, 0.15) is 45.1 Å². The monoisotopic (exact) mass is 354 g/mol. The minimum absolute atomic E-state index is 0.184. The van der Waals surface area contributed by atoms with Crippen molar-refractivity contribution in [2.24, 2.45) is 13.0 Å². The highest BCUT2D eigenvalue weighted by Crippen LogP contribution is 2.13. The molecule has 140 valence electrons. The molecule has 1 aromatic heterocycles. The summed E-state index contributed by atoms with van der Waals surface area (Å²) >= 11 is 0. The Morgan fingerprint density at radius 3 is 2.32 bits per heavy atom. The fourth-order valence-corrected chi connectivity index (χ4v) is 2.00. The standard InChI is InChI=1S/C16H26N4O5/c1-9(2)12(18-15(23)25-16(3,4)5)13(21)17-11-8-10(14(22)24-7)20(6)19-11/h8-9,12H,1-7H3,(H,18,23)(H,17,19,21). The fraction of sp³-hybridized carbons (Fsp3) is 0.625. The van der Waals surface area contributed by atoms with Crippen LogP contribution in [0.15, 0.2) is 6.07 Å². The molecule has 0 bridgehead atoms. The number of esters is 1. The van der Waals surface area contributed by atoms with Gasteiger partial charge in [0, 0.05) is 13.1 Å². The topological polar surface area (TPSA) is 112 Å². The van der Waals surface area contributed by atoms with E-state index in [2.05, 4.69) is 20.5 Å². The number of nitrogens with zero attached hydrogens (tertiary/aromatic N) is 2. The first-order valence-corrected chi connectivity index (χ1v) is 7.87. The van der Waals surface area contributed by atoms with Gasteiger partial charge in [-0.3, -0.25) is 9.48 Å². The van der Waals surface area contributed by atoms with Gasteiger partial charge < -0.3 is 20.1 Å². The minimum Gasteiger partial charge on any atom is -0.464 e. The Kier molecular flexibility index (Phi) is 6.55. The first kappa shape index (κ1) is 20.5. The lowest BCUT2D eigenvalue weighted by molar-refractivity contribution is -0.119. The number of ether oxygens (including phenoxy) is 2. The van der Waals surface area contributed by atoms with Crippen LogP contribution in [0, 0.1) is 5.92 Å². The molecule has 0 aliphatic heterocycles. The largest absolute Gasteiger partial charge is 0.464 e. The van der Waals surface area contributed by atoms with E-state index in [4.69, 9.17) is 4.74 Å². The van der Waals surface area contributed by atoms with Crippen LogP contribution in [-0.4, -0.2) is 46.5 Å². The van der Waals surface area contributed by atoms with E-state index in [0.29, 0.717) is 0 Å². The molecule has 0 saturated heterocycles. The molecule has 0 radical (unpaired) electrons. The summed E-state index contributed by atoms with van der Waals surface area (Å²) in [4.78, 5) is 36.0. The highest BCUT2D eigenvalue weighted by atomic mass is 16.6. The Morgan fingerprint density at radius 2 is 1.84 bits per heavy atom. The summed E-state index contributed by atoms with van der Waals surface area (Å²) in [7, 11) is 2.81. The number of amides is 2. The van der Waals surface area contributed by atoms with Gasteiger partial charge in [0.15, 0.2) is 5.82 Å². The Labute approximate surface area is 147 Å².